The number of benzene rings is 1. The van der Waals surface area contributed by atoms with E-state index < -0.39 is 0 Å². The van der Waals surface area contributed by atoms with Gasteiger partial charge in [-0.3, -0.25) is 9.69 Å². The zero-order chi connectivity index (χ0) is 16.1. The maximum Gasteiger partial charge on any atom is 0.238 e. The van der Waals surface area contributed by atoms with Gasteiger partial charge in [-0.05, 0) is 23.0 Å². The van der Waals surface area contributed by atoms with Gasteiger partial charge in [-0.1, -0.05) is 45.9 Å². The quantitative estimate of drug-likeness (QED) is 0.825. The molecule has 24 heavy (non-hydrogen) atoms. The number of hydrogen-bond acceptors (Lipinski definition) is 3. The van der Waals surface area contributed by atoms with E-state index in [1.165, 1.54) is 11.1 Å². The summed E-state index contributed by atoms with van der Waals surface area (Å²) in [6, 6.07) is 6.34. The van der Waals surface area contributed by atoms with E-state index in [4.69, 9.17) is 0 Å². The van der Waals surface area contributed by atoms with Crippen LogP contribution in [0.4, 0.5) is 5.69 Å². The Hall–Kier alpha value is -0.810. The van der Waals surface area contributed by atoms with E-state index in [2.05, 4.69) is 61.4 Å². The van der Waals surface area contributed by atoms with Crippen molar-refractivity contribution >= 4 is 36.4 Å². The lowest BCUT2D eigenvalue weighted by Gasteiger charge is -2.27. The first-order chi connectivity index (χ1) is 10.5. The molecule has 1 saturated heterocycles. The van der Waals surface area contributed by atoms with E-state index in [0.717, 1.165) is 31.9 Å². The number of anilines is 1. The van der Waals surface area contributed by atoms with Crippen LogP contribution in [0.2, 0.25) is 0 Å². The molecule has 138 valence electrons. The molecule has 0 aliphatic carbocycles. The van der Waals surface area contributed by atoms with Crippen LogP contribution in [0.25, 0.3) is 0 Å². The van der Waals surface area contributed by atoms with Crippen molar-refractivity contribution in [1.82, 2.24) is 10.2 Å². The predicted molar refractivity (Wildman–Crippen MR) is 107 cm³/mol. The van der Waals surface area contributed by atoms with Crippen molar-refractivity contribution in [2.75, 3.05) is 38.0 Å². The summed E-state index contributed by atoms with van der Waals surface area (Å²) in [7, 11) is 0. The van der Waals surface area contributed by atoms with E-state index in [-0.39, 0.29) is 30.7 Å². The third-order valence-electron chi connectivity index (χ3n) is 4.21. The molecule has 4 nitrogen and oxygen atoms in total. The molecule has 0 aromatic heterocycles. The monoisotopic (exact) mass is 375 g/mol. The Balaban J connectivity index is 0.00000264. The number of para-hydroxylation sites is 1. The summed E-state index contributed by atoms with van der Waals surface area (Å²) in [6.07, 6.45) is 0. The molecule has 2 N–H and O–H groups in total. The van der Waals surface area contributed by atoms with Gasteiger partial charge >= 0.3 is 0 Å². The smallest absolute Gasteiger partial charge is 0.238 e. The van der Waals surface area contributed by atoms with E-state index in [0.29, 0.717) is 18.4 Å². The Morgan fingerprint density at radius 2 is 1.58 bits per heavy atom. The van der Waals surface area contributed by atoms with Crippen molar-refractivity contribution < 1.29 is 4.79 Å². The Labute approximate surface area is 158 Å². The fourth-order valence-electron chi connectivity index (χ4n) is 2.95. The summed E-state index contributed by atoms with van der Waals surface area (Å²) in [5.41, 5.74) is 3.47. The lowest BCUT2D eigenvalue weighted by Crippen LogP contribution is -2.46. The molecule has 1 aliphatic rings. The van der Waals surface area contributed by atoms with Crippen LogP contribution in [0.15, 0.2) is 18.2 Å². The minimum atomic E-state index is 0. The maximum absolute atomic E-state index is 12.5. The summed E-state index contributed by atoms with van der Waals surface area (Å²) < 4.78 is 0. The van der Waals surface area contributed by atoms with Gasteiger partial charge in [0.2, 0.25) is 5.91 Å². The highest BCUT2D eigenvalue weighted by atomic mass is 35.5. The van der Waals surface area contributed by atoms with Gasteiger partial charge in [0.05, 0.1) is 6.54 Å². The van der Waals surface area contributed by atoms with Gasteiger partial charge in [-0.2, -0.15) is 0 Å². The number of piperazine rings is 1. The number of halogens is 2. The zero-order valence-electron chi connectivity index (χ0n) is 15.1. The third-order valence-corrected chi connectivity index (χ3v) is 4.21. The van der Waals surface area contributed by atoms with Crippen LogP contribution < -0.4 is 10.6 Å². The van der Waals surface area contributed by atoms with Gasteiger partial charge in [0.15, 0.2) is 0 Å². The van der Waals surface area contributed by atoms with Crippen LogP contribution in [0.5, 0.6) is 0 Å². The molecule has 0 saturated carbocycles. The normalized spacial score (nSPS) is 14.9. The van der Waals surface area contributed by atoms with Gasteiger partial charge in [0.1, 0.15) is 0 Å². The van der Waals surface area contributed by atoms with Gasteiger partial charge in [-0.25, -0.2) is 0 Å². The van der Waals surface area contributed by atoms with E-state index in [1.54, 1.807) is 0 Å². The van der Waals surface area contributed by atoms with E-state index in [9.17, 15) is 4.79 Å². The summed E-state index contributed by atoms with van der Waals surface area (Å²) in [6.45, 7) is 13.0. The number of carbonyl (C=O) groups excluding carboxylic acids is 1. The number of hydrogen-bond donors (Lipinski definition) is 2. The first-order valence-electron chi connectivity index (χ1n) is 8.34. The fraction of sp³-hybridized carbons (Fsp3) is 0.611. The fourth-order valence-corrected chi connectivity index (χ4v) is 2.95. The molecule has 0 atom stereocenters. The van der Waals surface area contributed by atoms with Crippen LogP contribution in [0.3, 0.4) is 0 Å². The number of carbonyl (C=O) groups is 1. The van der Waals surface area contributed by atoms with Crippen molar-refractivity contribution in [3.63, 3.8) is 0 Å². The van der Waals surface area contributed by atoms with Crippen molar-refractivity contribution in [2.45, 2.75) is 39.5 Å². The Kier molecular flexibility index (Phi) is 10.6. The first kappa shape index (κ1) is 23.2. The SMILES string of the molecule is CC(C)c1cccc(C(C)C)c1NC(=O)CN1CCNCC1.Cl.Cl. The number of rotatable bonds is 5. The molecule has 1 aliphatic heterocycles. The molecule has 0 radical (unpaired) electrons. The molecule has 2 rings (SSSR count). The third kappa shape index (κ3) is 6.25. The second-order valence-electron chi connectivity index (χ2n) is 6.70. The number of nitrogens with zero attached hydrogens (tertiary/aromatic N) is 1. The second kappa shape index (κ2) is 10.9. The Bertz CT molecular complexity index is 489. The average molecular weight is 376 g/mol. The average Bonchev–Trinajstić information content (AvgIpc) is 2.47. The van der Waals surface area contributed by atoms with Crippen molar-refractivity contribution in [3.8, 4) is 0 Å². The number of nitrogens with one attached hydrogen (secondary N) is 2. The molecule has 0 bridgehead atoms. The van der Waals surface area contributed by atoms with E-state index in [1.807, 2.05) is 0 Å². The van der Waals surface area contributed by atoms with Gasteiger partial charge in [-0.15, -0.1) is 24.8 Å². The summed E-state index contributed by atoms with van der Waals surface area (Å²) in [5.74, 6) is 0.887. The molecule has 1 fully saturated rings. The van der Waals surface area contributed by atoms with Gasteiger partial charge in [0, 0.05) is 31.9 Å². The first-order valence-corrected chi connectivity index (χ1v) is 8.34. The standard InChI is InChI=1S/C18H29N3O.2ClH/c1-13(2)15-6-5-7-16(14(3)4)18(15)20-17(22)12-21-10-8-19-9-11-21;;/h5-7,13-14,19H,8-12H2,1-4H3,(H,20,22);2*1H. The Morgan fingerprint density at radius 3 is 2.04 bits per heavy atom. The highest BCUT2D eigenvalue weighted by Gasteiger charge is 2.18. The minimum Gasteiger partial charge on any atom is -0.324 e. The van der Waals surface area contributed by atoms with Crippen LogP contribution in [0, 0.1) is 0 Å². The summed E-state index contributed by atoms with van der Waals surface area (Å²) in [5, 5.41) is 6.50. The molecule has 1 heterocycles. The van der Waals surface area contributed by atoms with Gasteiger partial charge in [0.25, 0.3) is 0 Å². The summed E-state index contributed by atoms with van der Waals surface area (Å²) >= 11 is 0. The highest BCUT2D eigenvalue weighted by Crippen LogP contribution is 2.32. The second-order valence-corrected chi connectivity index (χ2v) is 6.70. The molecule has 1 amide bonds. The van der Waals surface area contributed by atoms with Crippen LogP contribution in [-0.2, 0) is 4.79 Å². The molecule has 1 aromatic carbocycles. The van der Waals surface area contributed by atoms with Crippen molar-refractivity contribution in [3.05, 3.63) is 29.3 Å². The predicted octanol–water partition coefficient (Wildman–Crippen LogP) is 3.62. The Morgan fingerprint density at radius 1 is 1.08 bits per heavy atom. The van der Waals surface area contributed by atoms with Gasteiger partial charge < -0.3 is 10.6 Å². The molecular formula is C18H31Cl2N3O. The van der Waals surface area contributed by atoms with Crippen LogP contribution in [0.1, 0.15) is 50.7 Å². The van der Waals surface area contributed by atoms with Crippen molar-refractivity contribution in [2.24, 2.45) is 0 Å². The van der Waals surface area contributed by atoms with E-state index >= 15 is 0 Å². The largest absolute Gasteiger partial charge is 0.324 e. The highest BCUT2D eigenvalue weighted by molar-refractivity contribution is 5.94. The lowest BCUT2D eigenvalue weighted by molar-refractivity contribution is -0.117. The topological polar surface area (TPSA) is 44.4 Å². The molecule has 1 aromatic rings. The molecule has 0 unspecified atom stereocenters. The molecular weight excluding hydrogens is 345 g/mol. The van der Waals surface area contributed by atoms with Crippen LogP contribution in [-0.4, -0.2) is 43.5 Å². The number of amides is 1. The minimum absolute atomic E-state index is 0. The lowest BCUT2D eigenvalue weighted by atomic mass is 9.92. The van der Waals surface area contributed by atoms with Crippen LogP contribution >= 0.6 is 24.8 Å². The molecule has 0 spiro atoms. The zero-order valence-corrected chi connectivity index (χ0v) is 16.7. The van der Waals surface area contributed by atoms with Crippen molar-refractivity contribution in [1.29, 1.82) is 0 Å². The summed E-state index contributed by atoms with van der Waals surface area (Å²) in [4.78, 5) is 14.7. The molecule has 6 heteroatoms. The maximum atomic E-state index is 12.5.